The standard InChI is InChI=1S/C21H32FN3O3.2ClH/c1-4-28-18-13-21(23,20(18,2)3)19(26)24-14-17(25-8-10-27-11-9-25)15-6-5-7-16(22)12-15;;/h5-7,12,17-18H,4,8-11,13-14,23H2,1-3H3,(H,24,26);2*1H. The molecule has 1 aromatic carbocycles. The fourth-order valence-electron chi connectivity index (χ4n) is 4.23. The molecule has 1 aliphatic heterocycles. The molecular weight excluding hydrogens is 432 g/mol. The van der Waals surface area contributed by atoms with Gasteiger partial charge in [-0.2, -0.15) is 0 Å². The van der Waals surface area contributed by atoms with E-state index in [0.717, 1.165) is 18.7 Å². The number of rotatable bonds is 7. The van der Waals surface area contributed by atoms with E-state index >= 15 is 0 Å². The van der Waals surface area contributed by atoms with Crippen LogP contribution in [0.1, 0.15) is 38.8 Å². The van der Waals surface area contributed by atoms with E-state index in [9.17, 15) is 9.18 Å². The van der Waals surface area contributed by atoms with Crippen LogP contribution in [0, 0.1) is 11.2 Å². The molecule has 1 saturated carbocycles. The second-order valence-electron chi connectivity index (χ2n) is 8.27. The number of carbonyl (C=O) groups excluding carboxylic acids is 1. The summed E-state index contributed by atoms with van der Waals surface area (Å²) in [4.78, 5) is 15.2. The van der Waals surface area contributed by atoms with Crippen molar-refractivity contribution in [2.45, 2.75) is 44.9 Å². The zero-order chi connectivity index (χ0) is 20.4. The number of ether oxygens (including phenoxy) is 2. The van der Waals surface area contributed by atoms with Gasteiger partial charge in [0.1, 0.15) is 11.4 Å². The number of carbonyl (C=O) groups is 1. The van der Waals surface area contributed by atoms with Crippen molar-refractivity contribution in [3.8, 4) is 0 Å². The molecule has 3 N–H and O–H groups in total. The first-order valence-electron chi connectivity index (χ1n) is 10.1. The van der Waals surface area contributed by atoms with Gasteiger partial charge in [-0.25, -0.2) is 4.39 Å². The van der Waals surface area contributed by atoms with E-state index in [4.69, 9.17) is 15.2 Å². The molecule has 1 saturated heterocycles. The lowest BCUT2D eigenvalue weighted by molar-refractivity contribution is -0.170. The van der Waals surface area contributed by atoms with E-state index in [1.54, 1.807) is 6.07 Å². The quantitative estimate of drug-likeness (QED) is 0.647. The molecule has 1 aromatic rings. The average Bonchev–Trinajstić information content (AvgIpc) is 2.68. The third-order valence-electron chi connectivity index (χ3n) is 6.41. The number of benzene rings is 1. The van der Waals surface area contributed by atoms with Crippen LogP contribution in [0.3, 0.4) is 0 Å². The van der Waals surface area contributed by atoms with E-state index in [0.29, 0.717) is 32.8 Å². The number of halogens is 3. The minimum absolute atomic E-state index is 0. The monoisotopic (exact) mass is 465 g/mol. The van der Waals surface area contributed by atoms with Crippen LogP contribution in [0.4, 0.5) is 4.39 Å². The number of nitrogens with two attached hydrogens (primary N) is 1. The zero-order valence-electron chi connectivity index (χ0n) is 17.9. The summed E-state index contributed by atoms with van der Waals surface area (Å²) in [5.74, 6) is -0.458. The summed E-state index contributed by atoms with van der Waals surface area (Å²) < 4.78 is 25.0. The van der Waals surface area contributed by atoms with Crippen LogP contribution in [0.25, 0.3) is 0 Å². The maximum Gasteiger partial charge on any atom is 0.240 e. The minimum Gasteiger partial charge on any atom is -0.379 e. The third kappa shape index (κ3) is 5.26. The predicted octanol–water partition coefficient (Wildman–Crippen LogP) is 2.69. The Balaban J connectivity index is 0.00000225. The molecule has 1 aliphatic carbocycles. The van der Waals surface area contributed by atoms with Gasteiger partial charge in [0, 0.05) is 38.1 Å². The highest BCUT2D eigenvalue weighted by molar-refractivity contribution is 5.88. The van der Waals surface area contributed by atoms with Gasteiger partial charge in [-0.05, 0) is 24.6 Å². The molecular formula is C21H34Cl2FN3O3. The minimum atomic E-state index is -0.968. The number of nitrogens with one attached hydrogen (secondary N) is 1. The van der Waals surface area contributed by atoms with Crippen LogP contribution in [0.5, 0.6) is 0 Å². The van der Waals surface area contributed by atoms with Gasteiger partial charge < -0.3 is 20.5 Å². The smallest absolute Gasteiger partial charge is 0.240 e. The molecule has 172 valence electrons. The van der Waals surface area contributed by atoms with Crippen LogP contribution in [-0.2, 0) is 14.3 Å². The fraction of sp³-hybridized carbons (Fsp3) is 0.667. The largest absolute Gasteiger partial charge is 0.379 e. The zero-order valence-corrected chi connectivity index (χ0v) is 19.5. The van der Waals surface area contributed by atoms with Crippen molar-refractivity contribution < 1.29 is 18.7 Å². The normalized spacial score (nSPS) is 26.5. The van der Waals surface area contributed by atoms with Gasteiger partial charge in [-0.15, -0.1) is 24.8 Å². The van der Waals surface area contributed by atoms with Crippen molar-refractivity contribution in [2.24, 2.45) is 11.1 Å². The molecule has 2 aliphatic rings. The number of morpholine rings is 1. The Morgan fingerprint density at radius 2 is 2.03 bits per heavy atom. The van der Waals surface area contributed by atoms with Crippen molar-refractivity contribution in [2.75, 3.05) is 39.5 Å². The van der Waals surface area contributed by atoms with E-state index < -0.39 is 11.0 Å². The second-order valence-corrected chi connectivity index (χ2v) is 8.27. The molecule has 30 heavy (non-hydrogen) atoms. The summed E-state index contributed by atoms with van der Waals surface area (Å²) in [5.41, 5.74) is 5.92. The summed E-state index contributed by atoms with van der Waals surface area (Å²) >= 11 is 0. The molecule has 3 unspecified atom stereocenters. The van der Waals surface area contributed by atoms with Gasteiger partial charge >= 0.3 is 0 Å². The number of hydrogen-bond acceptors (Lipinski definition) is 5. The van der Waals surface area contributed by atoms with E-state index in [1.165, 1.54) is 12.1 Å². The van der Waals surface area contributed by atoms with Crippen molar-refractivity contribution in [1.29, 1.82) is 0 Å². The van der Waals surface area contributed by atoms with Crippen molar-refractivity contribution >= 4 is 30.7 Å². The lowest BCUT2D eigenvalue weighted by atomic mass is 9.54. The van der Waals surface area contributed by atoms with Crippen LogP contribution in [-0.4, -0.2) is 61.9 Å². The van der Waals surface area contributed by atoms with Crippen molar-refractivity contribution in [3.63, 3.8) is 0 Å². The van der Waals surface area contributed by atoms with E-state index in [2.05, 4.69) is 10.2 Å². The highest BCUT2D eigenvalue weighted by atomic mass is 35.5. The molecule has 9 heteroatoms. The Morgan fingerprint density at radius 3 is 2.60 bits per heavy atom. The van der Waals surface area contributed by atoms with Crippen molar-refractivity contribution in [1.82, 2.24) is 10.2 Å². The maximum absolute atomic E-state index is 13.8. The first kappa shape index (κ1) is 27.1. The second kappa shape index (κ2) is 11.1. The topological polar surface area (TPSA) is 76.8 Å². The highest BCUT2D eigenvalue weighted by Crippen LogP contribution is 2.49. The van der Waals surface area contributed by atoms with Gasteiger partial charge in [0.05, 0.1) is 25.4 Å². The van der Waals surface area contributed by atoms with E-state index in [1.807, 2.05) is 26.8 Å². The molecule has 0 aromatic heterocycles. The first-order chi connectivity index (χ1) is 13.3. The maximum atomic E-state index is 13.8. The van der Waals surface area contributed by atoms with Crippen molar-refractivity contribution in [3.05, 3.63) is 35.6 Å². The summed E-state index contributed by atoms with van der Waals surface area (Å²) in [5, 5.41) is 3.03. The average molecular weight is 466 g/mol. The summed E-state index contributed by atoms with van der Waals surface area (Å²) in [6.07, 6.45) is 0.480. The van der Waals surface area contributed by atoms with Gasteiger partial charge in [-0.3, -0.25) is 9.69 Å². The first-order valence-corrected chi connectivity index (χ1v) is 10.1. The Labute approximate surface area is 190 Å². The molecule has 6 nitrogen and oxygen atoms in total. The lowest BCUT2D eigenvalue weighted by Gasteiger charge is -2.57. The Hall–Kier alpha value is -0.960. The van der Waals surface area contributed by atoms with Gasteiger partial charge in [0.25, 0.3) is 0 Å². The fourth-order valence-corrected chi connectivity index (χ4v) is 4.23. The highest BCUT2D eigenvalue weighted by Gasteiger charge is 2.62. The predicted molar refractivity (Wildman–Crippen MR) is 120 cm³/mol. The summed E-state index contributed by atoms with van der Waals surface area (Å²) in [6.45, 7) is 9.60. The molecule has 0 radical (unpaired) electrons. The molecule has 0 bridgehead atoms. The SMILES string of the molecule is CCOC1CC(N)(C(=O)NCC(c2cccc(F)c2)N2CCOCC2)C1(C)C.Cl.Cl. The van der Waals surface area contributed by atoms with Crippen LogP contribution < -0.4 is 11.1 Å². The van der Waals surface area contributed by atoms with Gasteiger partial charge in [-0.1, -0.05) is 26.0 Å². The molecule has 3 atom stereocenters. The number of nitrogens with zero attached hydrogens (tertiary/aromatic N) is 1. The van der Waals surface area contributed by atoms with Crippen LogP contribution in [0.15, 0.2) is 24.3 Å². The van der Waals surface area contributed by atoms with Crippen LogP contribution in [0.2, 0.25) is 0 Å². The van der Waals surface area contributed by atoms with Gasteiger partial charge in [0.15, 0.2) is 0 Å². The molecule has 2 fully saturated rings. The third-order valence-corrected chi connectivity index (χ3v) is 6.41. The Morgan fingerprint density at radius 1 is 1.37 bits per heavy atom. The number of hydrogen-bond donors (Lipinski definition) is 2. The molecule has 1 heterocycles. The lowest BCUT2D eigenvalue weighted by Crippen LogP contribution is -2.76. The molecule has 3 rings (SSSR count). The summed E-state index contributed by atoms with van der Waals surface area (Å²) in [7, 11) is 0. The van der Waals surface area contributed by atoms with E-state index in [-0.39, 0.29) is 48.7 Å². The Kier molecular flexibility index (Phi) is 9.99. The molecule has 0 spiro atoms. The Bertz CT molecular complexity index is 704. The van der Waals surface area contributed by atoms with Crippen LogP contribution >= 0.6 is 24.8 Å². The molecule has 1 amide bonds. The summed E-state index contributed by atoms with van der Waals surface area (Å²) in [6, 6.07) is 6.43. The van der Waals surface area contributed by atoms with Gasteiger partial charge in [0.2, 0.25) is 5.91 Å². The number of amides is 1.